The first-order valence-electron chi connectivity index (χ1n) is 7.58. The van der Waals surface area contributed by atoms with E-state index in [1.165, 1.54) is 16.8 Å². The standard InChI is InChI=1S/C17H11N5O3/c1-9-11-6-10(2-3-14(11)25-21-9)13-7-15(23)22-16(20-13)12(8-19-22)17-18-4-5-24-17/h2-8,19H,1H3. The number of H-pyrrole nitrogens is 1. The number of aromatic amines is 1. The highest BCUT2D eigenvalue weighted by Crippen LogP contribution is 2.26. The number of aromatic nitrogens is 5. The van der Waals surface area contributed by atoms with E-state index in [9.17, 15) is 4.79 Å². The predicted molar refractivity (Wildman–Crippen MR) is 89.0 cm³/mol. The van der Waals surface area contributed by atoms with Gasteiger partial charge in [0.2, 0.25) is 5.89 Å². The third-order valence-corrected chi connectivity index (χ3v) is 4.11. The van der Waals surface area contributed by atoms with Crippen LogP contribution in [0.2, 0.25) is 0 Å². The van der Waals surface area contributed by atoms with Crippen LogP contribution in [0.25, 0.3) is 39.3 Å². The molecule has 5 rings (SSSR count). The Morgan fingerprint density at radius 2 is 2.16 bits per heavy atom. The van der Waals surface area contributed by atoms with Gasteiger partial charge < -0.3 is 8.94 Å². The van der Waals surface area contributed by atoms with Gasteiger partial charge >= 0.3 is 0 Å². The average Bonchev–Trinajstić information content (AvgIpc) is 3.34. The molecular weight excluding hydrogens is 322 g/mol. The minimum Gasteiger partial charge on any atom is -0.444 e. The summed E-state index contributed by atoms with van der Waals surface area (Å²) in [6, 6.07) is 7.06. The van der Waals surface area contributed by atoms with Crippen LogP contribution in [-0.4, -0.2) is 24.7 Å². The molecule has 0 radical (unpaired) electrons. The van der Waals surface area contributed by atoms with Gasteiger partial charge in [0, 0.05) is 23.2 Å². The maximum atomic E-state index is 12.4. The predicted octanol–water partition coefficient (Wildman–Crippen LogP) is 2.79. The van der Waals surface area contributed by atoms with E-state index >= 15 is 0 Å². The molecule has 4 aromatic heterocycles. The third kappa shape index (κ3) is 2.01. The molecule has 0 aliphatic carbocycles. The number of hydrogen-bond donors (Lipinski definition) is 1. The summed E-state index contributed by atoms with van der Waals surface area (Å²) in [6.45, 7) is 1.87. The van der Waals surface area contributed by atoms with Crippen molar-refractivity contribution in [1.82, 2.24) is 24.7 Å². The fraction of sp³-hybridized carbons (Fsp3) is 0.0588. The van der Waals surface area contributed by atoms with Crippen LogP contribution in [0.5, 0.6) is 0 Å². The van der Waals surface area contributed by atoms with Crippen molar-refractivity contribution in [2.24, 2.45) is 0 Å². The Balaban J connectivity index is 1.76. The number of fused-ring (bicyclic) bond motifs is 2. The fourth-order valence-electron chi connectivity index (χ4n) is 2.86. The second-order valence-electron chi connectivity index (χ2n) is 5.64. The summed E-state index contributed by atoms with van der Waals surface area (Å²) in [5.74, 6) is 0.396. The molecule has 8 heteroatoms. The normalized spacial score (nSPS) is 11.6. The molecule has 0 amide bonds. The summed E-state index contributed by atoms with van der Waals surface area (Å²) in [5, 5.41) is 7.72. The molecule has 0 atom stereocenters. The number of nitrogens with zero attached hydrogens (tertiary/aromatic N) is 4. The van der Waals surface area contributed by atoms with Crippen molar-refractivity contribution >= 4 is 16.6 Å². The van der Waals surface area contributed by atoms with Crippen LogP contribution in [0.3, 0.4) is 0 Å². The van der Waals surface area contributed by atoms with E-state index < -0.39 is 0 Å². The Morgan fingerprint density at radius 1 is 1.24 bits per heavy atom. The van der Waals surface area contributed by atoms with Gasteiger partial charge in [-0.1, -0.05) is 5.16 Å². The summed E-state index contributed by atoms with van der Waals surface area (Å²) >= 11 is 0. The highest BCUT2D eigenvalue weighted by Gasteiger charge is 2.15. The molecule has 0 unspecified atom stereocenters. The molecule has 4 heterocycles. The second-order valence-corrected chi connectivity index (χ2v) is 5.64. The number of hydrogen-bond acceptors (Lipinski definition) is 6. The SMILES string of the molecule is Cc1noc2ccc(-c3cc(=O)n4[nH]cc(-c5ncco5)c4n3)cc12. The van der Waals surface area contributed by atoms with Crippen molar-refractivity contribution in [3.8, 4) is 22.7 Å². The van der Waals surface area contributed by atoms with Crippen LogP contribution < -0.4 is 5.56 Å². The largest absolute Gasteiger partial charge is 0.444 e. The van der Waals surface area contributed by atoms with E-state index in [1.54, 1.807) is 12.4 Å². The van der Waals surface area contributed by atoms with E-state index in [0.717, 1.165) is 16.6 Å². The first-order valence-corrected chi connectivity index (χ1v) is 7.58. The van der Waals surface area contributed by atoms with Crippen LogP contribution in [0.15, 0.2) is 56.7 Å². The Bertz CT molecular complexity index is 1280. The summed E-state index contributed by atoms with van der Waals surface area (Å²) in [5.41, 5.74) is 3.69. The molecule has 0 bridgehead atoms. The van der Waals surface area contributed by atoms with E-state index in [4.69, 9.17) is 8.94 Å². The molecule has 122 valence electrons. The number of oxazole rings is 1. The van der Waals surface area contributed by atoms with E-state index in [-0.39, 0.29) is 5.56 Å². The lowest BCUT2D eigenvalue weighted by Crippen LogP contribution is -2.14. The van der Waals surface area contributed by atoms with Gasteiger partial charge in [-0.05, 0) is 25.1 Å². The molecule has 5 aromatic rings. The number of aryl methyl sites for hydroxylation is 1. The quantitative estimate of drug-likeness (QED) is 0.533. The van der Waals surface area contributed by atoms with Crippen molar-refractivity contribution in [3.05, 3.63) is 59.0 Å². The Hall–Kier alpha value is -3.68. The Labute approximate surface area is 139 Å². The lowest BCUT2D eigenvalue weighted by molar-refractivity contribution is 0.450. The Morgan fingerprint density at radius 3 is 3.00 bits per heavy atom. The smallest absolute Gasteiger partial charge is 0.273 e. The van der Waals surface area contributed by atoms with E-state index in [0.29, 0.717) is 28.4 Å². The summed E-state index contributed by atoms with van der Waals surface area (Å²) < 4.78 is 11.9. The molecule has 0 spiro atoms. The Kier molecular flexibility index (Phi) is 2.69. The third-order valence-electron chi connectivity index (χ3n) is 4.11. The zero-order valence-corrected chi connectivity index (χ0v) is 13.1. The summed E-state index contributed by atoms with van der Waals surface area (Å²) in [7, 11) is 0. The first-order chi connectivity index (χ1) is 12.2. The molecular formula is C17H11N5O3. The molecule has 0 saturated carbocycles. The lowest BCUT2D eigenvalue weighted by Gasteiger charge is -2.02. The van der Waals surface area contributed by atoms with Crippen molar-refractivity contribution in [2.45, 2.75) is 6.92 Å². The maximum Gasteiger partial charge on any atom is 0.273 e. The van der Waals surface area contributed by atoms with E-state index in [2.05, 4.69) is 20.2 Å². The number of nitrogens with one attached hydrogen (secondary N) is 1. The van der Waals surface area contributed by atoms with Gasteiger partial charge in [-0.15, -0.1) is 0 Å². The molecule has 0 fully saturated rings. The van der Waals surface area contributed by atoms with Gasteiger partial charge in [0.25, 0.3) is 5.56 Å². The van der Waals surface area contributed by atoms with Crippen molar-refractivity contribution in [2.75, 3.05) is 0 Å². The van der Waals surface area contributed by atoms with Crippen LogP contribution in [-0.2, 0) is 0 Å². The zero-order valence-electron chi connectivity index (χ0n) is 13.1. The van der Waals surface area contributed by atoms with Crippen molar-refractivity contribution in [1.29, 1.82) is 0 Å². The number of benzene rings is 1. The molecule has 8 nitrogen and oxygen atoms in total. The van der Waals surface area contributed by atoms with E-state index in [1.807, 2.05) is 25.1 Å². The van der Waals surface area contributed by atoms with Crippen molar-refractivity contribution in [3.63, 3.8) is 0 Å². The van der Waals surface area contributed by atoms with Gasteiger partial charge in [-0.3, -0.25) is 9.89 Å². The van der Waals surface area contributed by atoms with Gasteiger partial charge in [0.1, 0.15) is 6.26 Å². The first kappa shape index (κ1) is 13.7. The second kappa shape index (κ2) is 4.91. The van der Waals surface area contributed by atoms with Gasteiger partial charge in [-0.25, -0.2) is 14.5 Å². The molecule has 0 saturated heterocycles. The molecule has 1 N–H and O–H groups in total. The molecule has 0 aliphatic heterocycles. The van der Waals surface area contributed by atoms with Gasteiger partial charge in [-0.2, -0.15) is 0 Å². The minimum absolute atomic E-state index is 0.222. The summed E-state index contributed by atoms with van der Waals surface area (Å²) in [4.78, 5) is 21.2. The van der Waals surface area contributed by atoms with Crippen LogP contribution in [0, 0.1) is 6.92 Å². The summed E-state index contributed by atoms with van der Waals surface area (Å²) in [6.07, 6.45) is 4.67. The lowest BCUT2D eigenvalue weighted by atomic mass is 10.1. The van der Waals surface area contributed by atoms with Crippen LogP contribution in [0.4, 0.5) is 0 Å². The fourth-order valence-corrected chi connectivity index (χ4v) is 2.86. The monoisotopic (exact) mass is 333 g/mol. The molecule has 1 aromatic carbocycles. The zero-order chi connectivity index (χ0) is 17.0. The maximum absolute atomic E-state index is 12.4. The number of rotatable bonds is 2. The van der Waals surface area contributed by atoms with Gasteiger partial charge in [0.05, 0.1) is 23.1 Å². The highest BCUT2D eigenvalue weighted by atomic mass is 16.5. The topological polar surface area (TPSA) is 102 Å². The van der Waals surface area contributed by atoms with Crippen LogP contribution in [0.1, 0.15) is 5.69 Å². The average molecular weight is 333 g/mol. The van der Waals surface area contributed by atoms with Gasteiger partial charge in [0.15, 0.2) is 11.2 Å². The minimum atomic E-state index is -0.222. The molecule has 25 heavy (non-hydrogen) atoms. The highest BCUT2D eigenvalue weighted by molar-refractivity contribution is 5.85. The van der Waals surface area contributed by atoms with Crippen LogP contribution >= 0.6 is 0 Å². The van der Waals surface area contributed by atoms with Crippen molar-refractivity contribution < 1.29 is 8.94 Å². The molecule has 0 aliphatic rings.